The maximum atomic E-state index is 12.7. The van der Waals surface area contributed by atoms with Crippen molar-refractivity contribution in [2.75, 3.05) is 19.5 Å². The van der Waals surface area contributed by atoms with Crippen molar-refractivity contribution >= 4 is 10.0 Å². The normalized spacial score (nSPS) is 11.7. The summed E-state index contributed by atoms with van der Waals surface area (Å²) in [6.45, 7) is 4.23. The van der Waals surface area contributed by atoms with E-state index in [4.69, 9.17) is 9.47 Å². The third kappa shape index (κ3) is 5.76. The van der Waals surface area contributed by atoms with E-state index >= 15 is 0 Å². The lowest BCUT2D eigenvalue weighted by atomic mass is 10.2. The Kier molecular flexibility index (Phi) is 6.84. The molecule has 0 aromatic heterocycles. The van der Waals surface area contributed by atoms with Gasteiger partial charge in [-0.3, -0.25) is 0 Å². The zero-order valence-corrected chi connectivity index (χ0v) is 15.7. The first-order valence-corrected chi connectivity index (χ1v) is 9.83. The molecule has 2 aromatic rings. The minimum atomic E-state index is -3.42. The first-order chi connectivity index (χ1) is 11.9. The van der Waals surface area contributed by atoms with Gasteiger partial charge in [-0.1, -0.05) is 30.3 Å². The smallest absolute Gasteiger partial charge is 0.217 e. The molecule has 0 saturated heterocycles. The molecule has 0 unspecified atom stereocenters. The fourth-order valence-electron chi connectivity index (χ4n) is 2.42. The minimum absolute atomic E-state index is 0.0654. The van der Waals surface area contributed by atoms with Crippen LogP contribution in [0.25, 0.3) is 0 Å². The van der Waals surface area contributed by atoms with E-state index in [-0.39, 0.29) is 18.4 Å². The lowest BCUT2D eigenvalue weighted by Crippen LogP contribution is -2.39. The lowest BCUT2D eigenvalue weighted by Gasteiger charge is -2.26. The average molecular weight is 363 g/mol. The predicted molar refractivity (Wildman–Crippen MR) is 99.4 cm³/mol. The first kappa shape index (κ1) is 19.3. The summed E-state index contributed by atoms with van der Waals surface area (Å²) < 4.78 is 37.5. The van der Waals surface area contributed by atoms with E-state index in [2.05, 4.69) is 0 Å². The molecule has 0 saturated carbocycles. The average Bonchev–Trinajstić information content (AvgIpc) is 2.60. The van der Waals surface area contributed by atoms with Gasteiger partial charge in [-0.2, -0.15) is 4.31 Å². The van der Waals surface area contributed by atoms with E-state index in [0.717, 1.165) is 11.3 Å². The molecule has 6 heteroatoms. The van der Waals surface area contributed by atoms with Gasteiger partial charge >= 0.3 is 0 Å². The maximum Gasteiger partial charge on any atom is 0.217 e. The second-order valence-electron chi connectivity index (χ2n) is 5.96. The van der Waals surface area contributed by atoms with E-state index in [1.54, 1.807) is 31.4 Å². The number of sulfonamides is 1. The quantitative estimate of drug-likeness (QED) is 0.686. The largest absolute Gasteiger partial charge is 0.497 e. The van der Waals surface area contributed by atoms with Gasteiger partial charge in [0.05, 0.1) is 12.9 Å². The van der Waals surface area contributed by atoms with Crippen LogP contribution in [-0.4, -0.2) is 38.2 Å². The van der Waals surface area contributed by atoms with E-state index in [0.29, 0.717) is 12.3 Å². The van der Waals surface area contributed by atoms with Crippen molar-refractivity contribution in [3.63, 3.8) is 0 Å². The van der Waals surface area contributed by atoms with Crippen molar-refractivity contribution in [2.24, 2.45) is 0 Å². The van der Waals surface area contributed by atoms with Gasteiger partial charge in [0.15, 0.2) is 0 Å². The van der Waals surface area contributed by atoms with Crippen LogP contribution in [0.3, 0.4) is 0 Å². The van der Waals surface area contributed by atoms with Gasteiger partial charge < -0.3 is 9.47 Å². The molecule has 0 atom stereocenters. The summed E-state index contributed by atoms with van der Waals surface area (Å²) in [5.41, 5.74) is 0.968. The lowest BCUT2D eigenvalue weighted by molar-refractivity contribution is 0.320. The second-order valence-corrected chi connectivity index (χ2v) is 8.01. The van der Waals surface area contributed by atoms with E-state index < -0.39 is 10.0 Å². The molecule has 25 heavy (non-hydrogen) atoms. The van der Waals surface area contributed by atoms with Crippen LogP contribution in [0, 0.1) is 0 Å². The Labute approximate surface area is 150 Å². The summed E-state index contributed by atoms with van der Waals surface area (Å²) >= 11 is 0. The molecule has 0 aliphatic heterocycles. The molecule has 0 heterocycles. The van der Waals surface area contributed by atoms with Crippen molar-refractivity contribution in [1.29, 1.82) is 0 Å². The summed E-state index contributed by atoms with van der Waals surface area (Å²) in [5.74, 6) is 1.29. The summed E-state index contributed by atoms with van der Waals surface area (Å²) in [6.07, 6.45) is 0. The van der Waals surface area contributed by atoms with E-state index in [9.17, 15) is 8.42 Å². The molecule has 136 valence electrons. The Bertz CT molecular complexity index is 743. The van der Waals surface area contributed by atoms with E-state index in [1.807, 2.05) is 44.2 Å². The number of hydrogen-bond acceptors (Lipinski definition) is 4. The van der Waals surface area contributed by atoms with Crippen LogP contribution in [0.1, 0.15) is 19.4 Å². The number of rotatable bonds is 9. The Morgan fingerprint density at radius 2 is 1.56 bits per heavy atom. The van der Waals surface area contributed by atoms with Crippen LogP contribution in [0.15, 0.2) is 54.6 Å². The van der Waals surface area contributed by atoms with Crippen LogP contribution in [0.4, 0.5) is 0 Å². The van der Waals surface area contributed by atoms with Crippen LogP contribution < -0.4 is 9.47 Å². The molecule has 0 aliphatic rings. The van der Waals surface area contributed by atoms with Crippen molar-refractivity contribution in [3.05, 3.63) is 60.2 Å². The minimum Gasteiger partial charge on any atom is -0.497 e. The number of benzene rings is 2. The molecule has 2 rings (SSSR count). The standard InChI is InChI=1S/C19H25NO4S/c1-16(2)20(15-17-7-5-4-6-8-17)25(21,22)14-13-24-19-11-9-18(23-3)10-12-19/h4-12,16H,13-15H2,1-3H3. The van der Waals surface area contributed by atoms with Crippen LogP contribution in [-0.2, 0) is 16.6 Å². The molecule has 0 bridgehead atoms. The number of ether oxygens (including phenoxy) is 2. The zero-order chi connectivity index (χ0) is 18.3. The highest BCUT2D eigenvalue weighted by molar-refractivity contribution is 7.89. The highest BCUT2D eigenvalue weighted by Gasteiger charge is 2.25. The summed E-state index contributed by atoms with van der Waals surface area (Å²) in [5, 5.41) is 0. The first-order valence-electron chi connectivity index (χ1n) is 8.22. The number of nitrogens with zero attached hydrogens (tertiary/aromatic N) is 1. The number of hydrogen-bond donors (Lipinski definition) is 0. The van der Waals surface area contributed by atoms with Crippen LogP contribution in [0.5, 0.6) is 11.5 Å². The predicted octanol–water partition coefficient (Wildman–Crippen LogP) is 3.31. The van der Waals surface area contributed by atoms with Crippen LogP contribution >= 0.6 is 0 Å². The highest BCUT2D eigenvalue weighted by atomic mass is 32.2. The van der Waals surface area contributed by atoms with E-state index in [1.165, 1.54) is 4.31 Å². The molecule has 0 spiro atoms. The zero-order valence-electron chi connectivity index (χ0n) is 14.9. The molecule has 2 aromatic carbocycles. The molecule has 5 nitrogen and oxygen atoms in total. The third-order valence-electron chi connectivity index (χ3n) is 3.78. The Morgan fingerprint density at radius 1 is 0.960 bits per heavy atom. The summed E-state index contributed by atoms with van der Waals surface area (Å²) in [4.78, 5) is 0. The SMILES string of the molecule is COc1ccc(OCCS(=O)(=O)N(Cc2ccccc2)C(C)C)cc1. The molecule has 0 N–H and O–H groups in total. The number of methoxy groups -OCH3 is 1. The summed E-state index contributed by atoms with van der Waals surface area (Å²) in [6, 6.07) is 16.6. The van der Waals surface area contributed by atoms with Crippen molar-refractivity contribution in [1.82, 2.24) is 4.31 Å². The Morgan fingerprint density at radius 3 is 2.12 bits per heavy atom. The van der Waals surface area contributed by atoms with Crippen molar-refractivity contribution in [2.45, 2.75) is 26.4 Å². The van der Waals surface area contributed by atoms with Gasteiger partial charge in [-0.25, -0.2) is 8.42 Å². The molecule has 0 aliphatic carbocycles. The van der Waals surface area contributed by atoms with Crippen LogP contribution in [0.2, 0.25) is 0 Å². The van der Waals surface area contributed by atoms with Gasteiger partial charge in [0.1, 0.15) is 18.1 Å². The third-order valence-corrected chi connectivity index (χ3v) is 5.73. The molecule has 0 amide bonds. The fraction of sp³-hybridized carbons (Fsp3) is 0.368. The van der Waals surface area contributed by atoms with Crippen molar-refractivity contribution in [3.8, 4) is 11.5 Å². The fourth-order valence-corrected chi connectivity index (χ4v) is 3.94. The van der Waals surface area contributed by atoms with Crippen molar-refractivity contribution < 1.29 is 17.9 Å². The monoisotopic (exact) mass is 363 g/mol. The Hall–Kier alpha value is -2.05. The Balaban J connectivity index is 1.97. The molecular weight excluding hydrogens is 338 g/mol. The van der Waals surface area contributed by atoms with Gasteiger partial charge in [0.25, 0.3) is 0 Å². The highest BCUT2D eigenvalue weighted by Crippen LogP contribution is 2.18. The molecular formula is C19H25NO4S. The summed E-state index contributed by atoms with van der Waals surface area (Å²) in [7, 11) is -1.83. The molecule has 0 radical (unpaired) electrons. The maximum absolute atomic E-state index is 12.7. The van der Waals surface area contributed by atoms with Gasteiger partial charge in [0, 0.05) is 12.6 Å². The van der Waals surface area contributed by atoms with Gasteiger partial charge in [-0.15, -0.1) is 0 Å². The van der Waals surface area contributed by atoms with Gasteiger partial charge in [-0.05, 0) is 43.7 Å². The second kappa shape index (κ2) is 8.87. The van der Waals surface area contributed by atoms with Gasteiger partial charge in [0.2, 0.25) is 10.0 Å². The topological polar surface area (TPSA) is 55.8 Å². The molecule has 0 fully saturated rings.